The zero-order valence-electron chi connectivity index (χ0n) is 7.95. The van der Waals surface area contributed by atoms with E-state index in [-0.39, 0.29) is 5.69 Å². The van der Waals surface area contributed by atoms with Gasteiger partial charge in [-0.2, -0.15) is 0 Å². The van der Waals surface area contributed by atoms with Gasteiger partial charge in [0.1, 0.15) is 5.82 Å². The summed E-state index contributed by atoms with van der Waals surface area (Å²) in [6.07, 6.45) is 0. The zero-order chi connectivity index (χ0) is 10.9. The Morgan fingerprint density at radius 2 is 2.07 bits per heavy atom. The summed E-state index contributed by atoms with van der Waals surface area (Å²) in [5.74, 6) is -0.635. The van der Waals surface area contributed by atoms with E-state index in [1.165, 1.54) is 6.07 Å². The van der Waals surface area contributed by atoms with E-state index in [4.69, 9.17) is 5.73 Å². The van der Waals surface area contributed by atoms with Crippen LogP contribution in [0.15, 0.2) is 18.2 Å². The second-order valence-electron chi connectivity index (χ2n) is 3.64. The van der Waals surface area contributed by atoms with Crippen LogP contribution in [0.1, 0.15) is 19.4 Å². The molecule has 0 aliphatic heterocycles. The first-order valence-corrected chi connectivity index (χ1v) is 4.05. The van der Waals surface area contributed by atoms with Gasteiger partial charge in [0, 0.05) is 11.1 Å². The molecule has 0 spiro atoms. The molecule has 1 aromatic rings. The molecule has 0 aliphatic rings. The number of nitro groups is 1. The van der Waals surface area contributed by atoms with E-state index in [1.807, 2.05) is 0 Å². The number of halogens is 1. The summed E-state index contributed by atoms with van der Waals surface area (Å²) in [5.41, 5.74) is 4.91. The molecule has 1 rings (SSSR count). The molecule has 5 heteroatoms. The Morgan fingerprint density at radius 3 is 2.50 bits per heavy atom. The molecule has 0 atom stereocenters. The van der Waals surface area contributed by atoms with Crippen molar-refractivity contribution in [3.8, 4) is 0 Å². The van der Waals surface area contributed by atoms with Crippen molar-refractivity contribution in [1.29, 1.82) is 0 Å². The van der Waals surface area contributed by atoms with Crippen molar-refractivity contribution in [2.75, 3.05) is 0 Å². The van der Waals surface area contributed by atoms with E-state index in [2.05, 4.69) is 0 Å². The summed E-state index contributed by atoms with van der Waals surface area (Å²) in [4.78, 5) is 9.97. The van der Waals surface area contributed by atoms with E-state index < -0.39 is 16.3 Å². The lowest BCUT2D eigenvalue weighted by atomic mass is 9.94. The van der Waals surface area contributed by atoms with Gasteiger partial charge < -0.3 is 5.73 Å². The summed E-state index contributed by atoms with van der Waals surface area (Å²) < 4.78 is 12.8. The largest absolute Gasteiger partial charge is 0.322 e. The van der Waals surface area contributed by atoms with Crippen LogP contribution >= 0.6 is 0 Å². The quantitative estimate of drug-likeness (QED) is 0.583. The third-order valence-corrected chi connectivity index (χ3v) is 1.85. The van der Waals surface area contributed by atoms with Crippen molar-refractivity contribution in [3.05, 3.63) is 39.7 Å². The van der Waals surface area contributed by atoms with Crippen LogP contribution < -0.4 is 5.73 Å². The Morgan fingerprint density at radius 1 is 1.50 bits per heavy atom. The molecule has 4 nitrogen and oxygen atoms in total. The Bertz CT molecular complexity index is 372. The van der Waals surface area contributed by atoms with Gasteiger partial charge in [-0.15, -0.1) is 0 Å². The number of nitrogens with zero attached hydrogens (tertiary/aromatic N) is 1. The average Bonchev–Trinajstić information content (AvgIpc) is 2.01. The van der Waals surface area contributed by atoms with E-state index >= 15 is 0 Å². The Balaban J connectivity index is 3.37. The Hall–Kier alpha value is -1.49. The monoisotopic (exact) mass is 198 g/mol. The maximum Gasteiger partial charge on any atom is 0.277 e. The van der Waals surface area contributed by atoms with Crippen LogP contribution in [0.5, 0.6) is 0 Å². The topological polar surface area (TPSA) is 69.2 Å². The third kappa shape index (κ3) is 2.05. The molecule has 0 unspecified atom stereocenters. The highest BCUT2D eigenvalue weighted by Crippen LogP contribution is 2.27. The maximum absolute atomic E-state index is 12.8. The van der Waals surface area contributed by atoms with E-state index in [0.29, 0.717) is 5.56 Å². The van der Waals surface area contributed by atoms with Crippen molar-refractivity contribution >= 4 is 5.69 Å². The summed E-state index contributed by atoms with van der Waals surface area (Å²) >= 11 is 0. The molecule has 0 amide bonds. The summed E-state index contributed by atoms with van der Waals surface area (Å²) in [7, 11) is 0. The van der Waals surface area contributed by atoms with Gasteiger partial charge in [-0.05, 0) is 26.0 Å². The smallest absolute Gasteiger partial charge is 0.277 e. The molecule has 0 saturated heterocycles. The van der Waals surface area contributed by atoms with Crippen molar-refractivity contribution in [3.63, 3.8) is 0 Å². The molecule has 2 N–H and O–H groups in total. The number of benzene rings is 1. The normalized spacial score (nSPS) is 11.4. The maximum atomic E-state index is 12.8. The second-order valence-corrected chi connectivity index (χ2v) is 3.64. The van der Waals surface area contributed by atoms with E-state index in [0.717, 1.165) is 12.1 Å². The molecular formula is C9H11FN2O2. The van der Waals surface area contributed by atoms with Crippen molar-refractivity contribution in [2.45, 2.75) is 19.4 Å². The van der Waals surface area contributed by atoms with Gasteiger partial charge in [-0.25, -0.2) is 4.39 Å². The number of nitrogens with two attached hydrogens (primary N) is 1. The molecule has 0 saturated carbocycles. The van der Waals surface area contributed by atoms with Gasteiger partial charge >= 0.3 is 0 Å². The summed E-state index contributed by atoms with van der Waals surface area (Å²) in [5, 5.41) is 10.6. The highest BCUT2D eigenvalue weighted by Gasteiger charge is 2.25. The van der Waals surface area contributed by atoms with Crippen molar-refractivity contribution in [2.24, 2.45) is 5.73 Å². The Labute approximate surface area is 80.7 Å². The zero-order valence-corrected chi connectivity index (χ0v) is 7.95. The van der Waals surface area contributed by atoms with Gasteiger partial charge in [0.05, 0.1) is 11.0 Å². The summed E-state index contributed by atoms with van der Waals surface area (Å²) in [6.45, 7) is 3.26. The minimum absolute atomic E-state index is 0.280. The minimum atomic E-state index is -0.851. The van der Waals surface area contributed by atoms with E-state index in [9.17, 15) is 14.5 Å². The standard InChI is InChI=1S/C9H11FN2O2/c1-9(2,11)7-4-3-6(10)5-8(7)12(13)14/h3-5H,11H2,1-2H3. The molecule has 0 aliphatic carbocycles. The van der Waals surface area contributed by atoms with Gasteiger partial charge in [-0.3, -0.25) is 10.1 Å². The Kier molecular flexibility index (Phi) is 2.53. The van der Waals surface area contributed by atoms with Crippen LogP contribution in [0.4, 0.5) is 10.1 Å². The first-order valence-electron chi connectivity index (χ1n) is 4.05. The fourth-order valence-electron chi connectivity index (χ4n) is 1.20. The van der Waals surface area contributed by atoms with Crippen LogP contribution in [0.25, 0.3) is 0 Å². The first kappa shape index (κ1) is 10.6. The molecule has 0 aromatic heterocycles. The molecule has 14 heavy (non-hydrogen) atoms. The van der Waals surface area contributed by atoms with Crippen molar-refractivity contribution in [1.82, 2.24) is 0 Å². The SMILES string of the molecule is CC(C)(N)c1ccc(F)cc1[N+](=O)[O-]. The van der Waals surface area contributed by atoms with Crippen LogP contribution in [0, 0.1) is 15.9 Å². The fourth-order valence-corrected chi connectivity index (χ4v) is 1.20. The first-order chi connectivity index (χ1) is 6.32. The molecule has 0 heterocycles. The van der Waals surface area contributed by atoms with Crippen LogP contribution in [-0.4, -0.2) is 4.92 Å². The lowest BCUT2D eigenvalue weighted by Crippen LogP contribution is -2.29. The van der Waals surface area contributed by atoms with Gasteiger partial charge in [0.2, 0.25) is 0 Å². The van der Waals surface area contributed by atoms with E-state index in [1.54, 1.807) is 13.8 Å². The number of hydrogen-bond donors (Lipinski definition) is 1. The molecule has 1 aromatic carbocycles. The fraction of sp³-hybridized carbons (Fsp3) is 0.333. The summed E-state index contributed by atoms with van der Waals surface area (Å²) in [6, 6.07) is 3.38. The second kappa shape index (κ2) is 3.34. The predicted molar refractivity (Wildman–Crippen MR) is 50.3 cm³/mol. The average molecular weight is 198 g/mol. The molecular weight excluding hydrogens is 187 g/mol. The lowest BCUT2D eigenvalue weighted by Gasteiger charge is -2.18. The van der Waals surface area contributed by atoms with Crippen LogP contribution in [0.2, 0.25) is 0 Å². The molecule has 0 fully saturated rings. The highest BCUT2D eigenvalue weighted by atomic mass is 19.1. The highest BCUT2D eigenvalue weighted by molar-refractivity contribution is 5.44. The van der Waals surface area contributed by atoms with Crippen LogP contribution in [-0.2, 0) is 5.54 Å². The van der Waals surface area contributed by atoms with Crippen molar-refractivity contribution < 1.29 is 9.31 Å². The predicted octanol–water partition coefficient (Wildman–Crippen LogP) is 1.93. The molecule has 0 radical (unpaired) electrons. The minimum Gasteiger partial charge on any atom is -0.322 e. The van der Waals surface area contributed by atoms with Crippen LogP contribution in [0.3, 0.4) is 0 Å². The number of hydrogen-bond acceptors (Lipinski definition) is 3. The third-order valence-electron chi connectivity index (χ3n) is 1.85. The van der Waals surface area contributed by atoms with Gasteiger partial charge in [0.25, 0.3) is 5.69 Å². The molecule has 0 bridgehead atoms. The number of nitro benzene ring substituents is 1. The molecule has 76 valence electrons. The van der Waals surface area contributed by atoms with Gasteiger partial charge in [0.15, 0.2) is 0 Å². The van der Waals surface area contributed by atoms with Gasteiger partial charge in [-0.1, -0.05) is 0 Å². The lowest BCUT2D eigenvalue weighted by molar-refractivity contribution is -0.386. The number of rotatable bonds is 2.